The summed E-state index contributed by atoms with van der Waals surface area (Å²) < 4.78 is 34.5. The average Bonchev–Trinajstić information content (AvgIpc) is 3.18. The highest BCUT2D eigenvalue weighted by molar-refractivity contribution is 7.87. The van der Waals surface area contributed by atoms with Crippen LogP contribution in [0.1, 0.15) is 11.1 Å². The van der Waals surface area contributed by atoms with Gasteiger partial charge in [0, 0.05) is 16.2 Å². The fourth-order valence-corrected chi connectivity index (χ4v) is 5.22. The van der Waals surface area contributed by atoms with E-state index in [1.807, 2.05) is 23.5 Å². The molecule has 2 aromatic heterocycles. The van der Waals surface area contributed by atoms with Gasteiger partial charge in [-0.2, -0.15) is 13.7 Å². The zero-order valence-electron chi connectivity index (χ0n) is 18.9. The molecule has 0 bridgehead atoms. The Morgan fingerprint density at radius 2 is 1.42 bits per heavy atom. The molecule has 0 atom stereocenters. The number of benzene rings is 3. The normalized spacial score (nSPS) is 11.4. The molecule has 0 amide bonds. The van der Waals surface area contributed by atoms with Gasteiger partial charge in [0.25, 0.3) is 0 Å². The van der Waals surface area contributed by atoms with Crippen LogP contribution in [0.3, 0.4) is 0 Å². The van der Waals surface area contributed by atoms with E-state index >= 15 is 0 Å². The van der Waals surface area contributed by atoms with Crippen LogP contribution in [0.25, 0.3) is 27.9 Å². The third-order valence-corrected chi connectivity index (χ3v) is 7.51. The summed E-state index contributed by atoms with van der Waals surface area (Å²) >= 11 is 12.3. The monoisotopic (exact) mass is 532 g/mol. The van der Waals surface area contributed by atoms with Crippen LogP contribution in [0.15, 0.2) is 96.0 Å². The Kier molecular flexibility index (Phi) is 6.23. The molecule has 0 aliphatic rings. The first-order valence-electron chi connectivity index (χ1n) is 10.9. The molecule has 0 saturated carbocycles. The Hall–Kier alpha value is -3.76. The zero-order chi connectivity index (χ0) is 25.4. The summed E-state index contributed by atoms with van der Waals surface area (Å²) in [6, 6.07) is 26.1. The van der Waals surface area contributed by atoms with Gasteiger partial charge in [-0.05, 0) is 66.6 Å². The van der Waals surface area contributed by atoms with E-state index in [1.165, 1.54) is 12.1 Å². The third kappa shape index (κ3) is 4.45. The molecular weight excluding hydrogens is 515 g/mol. The second-order valence-electron chi connectivity index (χ2n) is 8.20. The molecule has 0 unspecified atom stereocenters. The van der Waals surface area contributed by atoms with Crippen LogP contribution in [0.5, 0.6) is 5.75 Å². The van der Waals surface area contributed by atoms with Crippen molar-refractivity contribution < 1.29 is 12.6 Å². The minimum absolute atomic E-state index is 0.0268. The quantitative estimate of drug-likeness (QED) is 0.219. The molecule has 2 heterocycles. The predicted molar refractivity (Wildman–Crippen MR) is 142 cm³/mol. The molecular formula is C28H18Cl2N2O3S. The van der Waals surface area contributed by atoms with Gasteiger partial charge in [-0.3, -0.25) is 0 Å². The van der Waals surface area contributed by atoms with Crippen molar-refractivity contribution in [1.29, 1.82) is 5.26 Å². The lowest BCUT2D eigenvalue weighted by atomic mass is 10.0. The SMILES string of the molecule is Cc1ccc(S(=O)(=O)Oc2c(-c3ccc(Cl)cc3)c(-c3ccc(Cl)cc3)n3ccc(C#N)cc23)cc1. The van der Waals surface area contributed by atoms with E-state index in [4.69, 9.17) is 27.4 Å². The molecule has 0 aliphatic carbocycles. The second kappa shape index (κ2) is 9.36. The summed E-state index contributed by atoms with van der Waals surface area (Å²) in [5, 5.41) is 10.7. The van der Waals surface area contributed by atoms with Crippen LogP contribution in [0.4, 0.5) is 0 Å². The van der Waals surface area contributed by atoms with Crippen LogP contribution in [0, 0.1) is 18.3 Å². The topological polar surface area (TPSA) is 71.6 Å². The van der Waals surface area contributed by atoms with Gasteiger partial charge in [0.05, 0.1) is 28.4 Å². The molecule has 178 valence electrons. The number of pyridine rings is 1. The highest BCUT2D eigenvalue weighted by Crippen LogP contribution is 2.46. The molecule has 8 heteroatoms. The zero-order valence-corrected chi connectivity index (χ0v) is 21.3. The number of nitriles is 1. The van der Waals surface area contributed by atoms with Crippen molar-refractivity contribution in [3.8, 4) is 34.2 Å². The summed E-state index contributed by atoms with van der Waals surface area (Å²) in [5.74, 6) is 0.111. The van der Waals surface area contributed by atoms with E-state index in [2.05, 4.69) is 6.07 Å². The smallest absolute Gasteiger partial charge is 0.339 e. The molecule has 5 aromatic rings. The number of aryl methyl sites for hydroxylation is 1. The Morgan fingerprint density at radius 1 is 0.833 bits per heavy atom. The molecule has 36 heavy (non-hydrogen) atoms. The maximum absolute atomic E-state index is 13.4. The summed E-state index contributed by atoms with van der Waals surface area (Å²) in [7, 11) is -4.20. The minimum atomic E-state index is -4.20. The highest BCUT2D eigenvalue weighted by atomic mass is 35.5. The summed E-state index contributed by atoms with van der Waals surface area (Å²) in [6.07, 6.45) is 1.72. The maximum atomic E-state index is 13.4. The lowest BCUT2D eigenvalue weighted by molar-refractivity contribution is 0.489. The van der Waals surface area contributed by atoms with Crippen LogP contribution >= 0.6 is 23.2 Å². The summed E-state index contributed by atoms with van der Waals surface area (Å²) in [6.45, 7) is 1.87. The Balaban J connectivity index is 1.85. The van der Waals surface area contributed by atoms with Gasteiger partial charge in [0.15, 0.2) is 5.75 Å². The maximum Gasteiger partial charge on any atom is 0.339 e. The van der Waals surface area contributed by atoms with Gasteiger partial charge in [0.2, 0.25) is 0 Å². The van der Waals surface area contributed by atoms with Crippen LogP contribution < -0.4 is 4.18 Å². The fraction of sp³-hybridized carbons (Fsp3) is 0.0357. The minimum Gasteiger partial charge on any atom is -0.376 e. The van der Waals surface area contributed by atoms with Crippen LogP contribution in [-0.2, 0) is 10.1 Å². The van der Waals surface area contributed by atoms with E-state index in [-0.39, 0.29) is 10.6 Å². The first-order chi connectivity index (χ1) is 17.3. The number of aromatic nitrogens is 1. The first-order valence-corrected chi connectivity index (χ1v) is 13.0. The van der Waals surface area contributed by atoms with E-state index in [1.54, 1.807) is 66.9 Å². The Labute approximate surface area is 218 Å². The molecule has 0 N–H and O–H groups in total. The number of hydrogen-bond donors (Lipinski definition) is 0. The number of hydrogen-bond acceptors (Lipinski definition) is 4. The van der Waals surface area contributed by atoms with Crippen molar-refractivity contribution in [2.75, 3.05) is 0 Å². The Morgan fingerprint density at radius 3 is 2.00 bits per heavy atom. The highest BCUT2D eigenvalue weighted by Gasteiger charge is 2.27. The molecule has 0 fully saturated rings. The lowest BCUT2D eigenvalue weighted by Gasteiger charge is -2.11. The van der Waals surface area contributed by atoms with Gasteiger partial charge in [-0.1, -0.05) is 65.2 Å². The van der Waals surface area contributed by atoms with Crippen molar-refractivity contribution in [2.45, 2.75) is 11.8 Å². The van der Waals surface area contributed by atoms with Gasteiger partial charge in [0.1, 0.15) is 4.90 Å². The number of fused-ring (bicyclic) bond motifs is 1. The number of halogens is 2. The molecule has 0 saturated heterocycles. The number of rotatable bonds is 5. The summed E-state index contributed by atoms with van der Waals surface area (Å²) in [4.78, 5) is 0.0268. The molecule has 0 spiro atoms. The van der Waals surface area contributed by atoms with Crippen molar-refractivity contribution in [1.82, 2.24) is 4.40 Å². The van der Waals surface area contributed by atoms with Crippen molar-refractivity contribution in [3.05, 3.63) is 112 Å². The van der Waals surface area contributed by atoms with E-state index < -0.39 is 10.1 Å². The Bertz CT molecular complexity index is 1740. The van der Waals surface area contributed by atoms with Crippen molar-refractivity contribution in [2.24, 2.45) is 0 Å². The molecule has 5 nitrogen and oxygen atoms in total. The largest absolute Gasteiger partial charge is 0.376 e. The molecule has 0 aliphatic heterocycles. The third-order valence-electron chi connectivity index (χ3n) is 5.77. The predicted octanol–water partition coefficient (Wildman–Crippen LogP) is 7.53. The van der Waals surface area contributed by atoms with Gasteiger partial charge >= 0.3 is 10.1 Å². The molecule has 5 rings (SSSR count). The van der Waals surface area contributed by atoms with Gasteiger partial charge < -0.3 is 8.58 Å². The van der Waals surface area contributed by atoms with E-state index in [0.29, 0.717) is 37.9 Å². The summed E-state index contributed by atoms with van der Waals surface area (Å²) in [5.41, 5.74) is 4.42. The molecule has 3 aromatic carbocycles. The average molecular weight is 533 g/mol. The standard InChI is InChI=1S/C28H18Cl2N2O3S/c1-18-2-12-24(13-3-18)36(33,34)35-28-25-16-19(17-31)14-15-32(25)27(21-6-10-23(30)11-7-21)26(28)20-4-8-22(29)9-5-20/h2-16H,1H3. The van der Waals surface area contributed by atoms with E-state index in [0.717, 1.165) is 11.1 Å². The van der Waals surface area contributed by atoms with E-state index in [9.17, 15) is 13.7 Å². The lowest BCUT2D eigenvalue weighted by Crippen LogP contribution is -2.10. The van der Waals surface area contributed by atoms with Crippen molar-refractivity contribution in [3.63, 3.8) is 0 Å². The second-order valence-corrected chi connectivity index (χ2v) is 10.6. The number of nitrogens with zero attached hydrogens (tertiary/aromatic N) is 2. The van der Waals surface area contributed by atoms with Gasteiger partial charge in [-0.15, -0.1) is 0 Å². The van der Waals surface area contributed by atoms with Crippen molar-refractivity contribution >= 4 is 38.8 Å². The fourth-order valence-electron chi connectivity index (χ4n) is 4.02. The first kappa shape index (κ1) is 24.0. The molecule has 0 radical (unpaired) electrons. The van der Waals surface area contributed by atoms with Crippen LogP contribution in [0.2, 0.25) is 10.0 Å². The van der Waals surface area contributed by atoms with Gasteiger partial charge in [-0.25, -0.2) is 0 Å². The van der Waals surface area contributed by atoms with Crippen LogP contribution in [-0.4, -0.2) is 12.8 Å².